The lowest BCUT2D eigenvalue weighted by molar-refractivity contribution is -0.113. The van der Waals surface area contributed by atoms with Gasteiger partial charge in [-0.15, -0.1) is 11.3 Å². The van der Waals surface area contributed by atoms with Gasteiger partial charge < -0.3 is 19.5 Å². The molecular formula is C24H23N3O5S2. The lowest BCUT2D eigenvalue weighted by Gasteiger charge is -2.14. The fraction of sp³-hybridized carbons (Fsp3) is 0.208. The first-order valence-corrected chi connectivity index (χ1v) is 12.1. The maximum Gasteiger partial charge on any atom is 0.272 e. The van der Waals surface area contributed by atoms with Gasteiger partial charge in [0.2, 0.25) is 5.91 Å². The van der Waals surface area contributed by atoms with E-state index in [9.17, 15) is 9.59 Å². The average Bonchev–Trinajstić information content (AvgIpc) is 3.34. The molecule has 0 atom stereocenters. The average molecular weight is 498 g/mol. The molecule has 2 heterocycles. The largest absolute Gasteiger partial charge is 0.497 e. The molecule has 0 aliphatic rings. The highest BCUT2D eigenvalue weighted by Crippen LogP contribution is 2.30. The van der Waals surface area contributed by atoms with E-state index in [0.717, 1.165) is 5.56 Å². The number of carbonyl (C=O) groups excluding carboxylic acids is 1. The van der Waals surface area contributed by atoms with E-state index in [1.807, 2.05) is 29.6 Å². The number of anilines is 1. The number of nitrogens with one attached hydrogen (secondary N) is 1. The minimum atomic E-state index is -0.253. The summed E-state index contributed by atoms with van der Waals surface area (Å²) in [4.78, 5) is 30.6. The van der Waals surface area contributed by atoms with Crippen molar-refractivity contribution in [3.8, 4) is 17.2 Å². The van der Waals surface area contributed by atoms with E-state index < -0.39 is 0 Å². The fourth-order valence-corrected chi connectivity index (χ4v) is 4.97. The highest BCUT2D eigenvalue weighted by Gasteiger charge is 2.17. The maximum atomic E-state index is 13.2. The Balaban J connectivity index is 1.58. The third-order valence-corrected chi connectivity index (χ3v) is 6.93. The quantitative estimate of drug-likeness (QED) is 0.273. The van der Waals surface area contributed by atoms with Crippen LogP contribution in [0.1, 0.15) is 5.56 Å². The standard InChI is InChI=1S/C24H23N3O5S2/c1-30-16-8-9-17(20(12-16)32-3)25-21(28)14-34-24-26-18-10-11-33-22(18)23(29)27(24)13-15-6-4-5-7-19(15)31-2/h4-12H,13-14H2,1-3H3,(H,25,28). The van der Waals surface area contributed by atoms with Crippen LogP contribution in [0.25, 0.3) is 10.2 Å². The van der Waals surface area contributed by atoms with Crippen LogP contribution < -0.4 is 25.1 Å². The molecule has 1 amide bonds. The van der Waals surface area contributed by atoms with Gasteiger partial charge in [0, 0.05) is 11.6 Å². The molecule has 0 spiro atoms. The molecule has 0 fully saturated rings. The molecular weight excluding hydrogens is 474 g/mol. The van der Waals surface area contributed by atoms with Crippen LogP contribution in [0.5, 0.6) is 17.2 Å². The molecule has 8 nitrogen and oxygen atoms in total. The van der Waals surface area contributed by atoms with Crippen LogP contribution >= 0.6 is 23.1 Å². The number of ether oxygens (including phenoxy) is 3. The Hall–Kier alpha value is -3.50. The Bertz CT molecular complexity index is 1380. The maximum absolute atomic E-state index is 13.2. The van der Waals surface area contributed by atoms with E-state index >= 15 is 0 Å². The van der Waals surface area contributed by atoms with E-state index in [-0.39, 0.29) is 23.8 Å². The van der Waals surface area contributed by atoms with Gasteiger partial charge in [0.05, 0.1) is 44.8 Å². The van der Waals surface area contributed by atoms with Crippen LogP contribution in [0.15, 0.2) is 63.9 Å². The van der Waals surface area contributed by atoms with Crippen molar-refractivity contribution in [2.75, 3.05) is 32.4 Å². The molecule has 0 saturated carbocycles. The van der Waals surface area contributed by atoms with Crippen LogP contribution in [-0.2, 0) is 11.3 Å². The number of thiophene rings is 1. The Kier molecular flexibility index (Phi) is 7.39. The summed E-state index contributed by atoms with van der Waals surface area (Å²) in [6.45, 7) is 0.278. The number of rotatable bonds is 9. The molecule has 0 aliphatic carbocycles. The lowest BCUT2D eigenvalue weighted by Crippen LogP contribution is -2.24. The van der Waals surface area contributed by atoms with Crippen LogP contribution in [0.4, 0.5) is 5.69 Å². The second-order valence-corrected chi connectivity index (χ2v) is 8.99. The molecule has 34 heavy (non-hydrogen) atoms. The molecule has 0 bridgehead atoms. The van der Waals surface area contributed by atoms with Gasteiger partial charge >= 0.3 is 0 Å². The first kappa shape index (κ1) is 23.7. The van der Waals surface area contributed by atoms with E-state index in [1.165, 1.54) is 30.2 Å². The van der Waals surface area contributed by atoms with Crippen LogP contribution in [0.2, 0.25) is 0 Å². The summed E-state index contributed by atoms with van der Waals surface area (Å²) < 4.78 is 18.1. The van der Waals surface area contributed by atoms with Gasteiger partial charge in [-0.2, -0.15) is 0 Å². The van der Waals surface area contributed by atoms with Crippen molar-refractivity contribution in [1.29, 1.82) is 0 Å². The molecule has 4 rings (SSSR count). The molecule has 176 valence electrons. The number of amides is 1. The van der Waals surface area contributed by atoms with Crippen LogP contribution in [0, 0.1) is 0 Å². The summed E-state index contributed by atoms with van der Waals surface area (Å²) in [5, 5.41) is 5.14. The van der Waals surface area contributed by atoms with E-state index in [1.54, 1.807) is 43.1 Å². The molecule has 2 aromatic carbocycles. The summed E-state index contributed by atoms with van der Waals surface area (Å²) in [5.41, 5.74) is 1.84. The number of carbonyl (C=O) groups is 1. The van der Waals surface area contributed by atoms with Crippen molar-refractivity contribution >= 4 is 44.9 Å². The minimum absolute atomic E-state index is 0.0587. The fourth-order valence-electron chi connectivity index (χ4n) is 3.40. The number of thioether (sulfide) groups is 1. The zero-order valence-corrected chi connectivity index (χ0v) is 20.5. The van der Waals surface area contributed by atoms with Gasteiger partial charge in [-0.3, -0.25) is 14.2 Å². The van der Waals surface area contributed by atoms with Crippen molar-refractivity contribution in [2.45, 2.75) is 11.7 Å². The number of aromatic nitrogens is 2. The van der Waals surface area contributed by atoms with Crippen LogP contribution in [0.3, 0.4) is 0 Å². The van der Waals surface area contributed by atoms with Crippen molar-refractivity contribution in [3.05, 3.63) is 69.8 Å². The SMILES string of the molecule is COc1ccc(NC(=O)CSc2nc3ccsc3c(=O)n2Cc2ccccc2OC)c(OC)c1. The molecule has 0 aliphatic heterocycles. The summed E-state index contributed by atoms with van der Waals surface area (Å²) in [7, 11) is 4.68. The van der Waals surface area contributed by atoms with Crippen molar-refractivity contribution in [3.63, 3.8) is 0 Å². The first-order chi connectivity index (χ1) is 16.5. The Morgan fingerprint density at radius 1 is 1.06 bits per heavy atom. The number of methoxy groups -OCH3 is 3. The predicted octanol–water partition coefficient (Wildman–Crippen LogP) is 4.26. The van der Waals surface area contributed by atoms with Gasteiger partial charge in [0.1, 0.15) is 21.9 Å². The predicted molar refractivity (Wildman–Crippen MR) is 135 cm³/mol. The summed E-state index contributed by atoms with van der Waals surface area (Å²) in [6, 6.07) is 14.5. The summed E-state index contributed by atoms with van der Waals surface area (Å²) >= 11 is 2.55. The normalized spacial score (nSPS) is 10.8. The van der Waals surface area contributed by atoms with Gasteiger partial charge in [0.25, 0.3) is 5.56 Å². The zero-order chi connectivity index (χ0) is 24.1. The monoisotopic (exact) mass is 497 g/mol. The van der Waals surface area contributed by atoms with Crippen molar-refractivity contribution in [1.82, 2.24) is 9.55 Å². The van der Waals surface area contributed by atoms with E-state index in [0.29, 0.717) is 38.3 Å². The molecule has 0 saturated heterocycles. The number of hydrogen-bond donors (Lipinski definition) is 1. The highest BCUT2D eigenvalue weighted by atomic mass is 32.2. The summed E-state index contributed by atoms with van der Waals surface area (Å²) in [6.07, 6.45) is 0. The number of hydrogen-bond acceptors (Lipinski definition) is 8. The molecule has 0 radical (unpaired) electrons. The van der Waals surface area contributed by atoms with Gasteiger partial charge in [0.15, 0.2) is 5.16 Å². The number of fused-ring (bicyclic) bond motifs is 1. The number of para-hydroxylation sites is 1. The molecule has 2 aromatic heterocycles. The van der Waals surface area contributed by atoms with Gasteiger partial charge in [-0.05, 0) is 29.6 Å². The minimum Gasteiger partial charge on any atom is -0.497 e. The first-order valence-electron chi connectivity index (χ1n) is 10.3. The second-order valence-electron chi connectivity index (χ2n) is 7.14. The smallest absolute Gasteiger partial charge is 0.272 e. The third kappa shape index (κ3) is 5.02. The van der Waals surface area contributed by atoms with Crippen molar-refractivity contribution in [2.24, 2.45) is 0 Å². The number of nitrogens with zero attached hydrogens (tertiary/aromatic N) is 2. The summed E-state index contributed by atoms with van der Waals surface area (Å²) in [5.74, 6) is 1.60. The zero-order valence-electron chi connectivity index (χ0n) is 18.9. The lowest BCUT2D eigenvalue weighted by atomic mass is 10.2. The van der Waals surface area contributed by atoms with E-state index in [2.05, 4.69) is 10.3 Å². The van der Waals surface area contributed by atoms with Gasteiger partial charge in [-0.25, -0.2) is 4.98 Å². The Labute approximate surface area is 204 Å². The highest BCUT2D eigenvalue weighted by molar-refractivity contribution is 7.99. The number of benzene rings is 2. The molecule has 1 N–H and O–H groups in total. The molecule has 0 unspecified atom stereocenters. The second kappa shape index (κ2) is 10.6. The third-order valence-electron chi connectivity index (χ3n) is 5.07. The molecule has 10 heteroatoms. The van der Waals surface area contributed by atoms with Crippen molar-refractivity contribution < 1.29 is 19.0 Å². The Morgan fingerprint density at radius 3 is 2.62 bits per heavy atom. The van der Waals surface area contributed by atoms with E-state index in [4.69, 9.17) is 14.2 Å². The molecule has 4 aromatic rings. The van der Waals surface area contributed by atoms with Gasteiger partial charge in [-0.1, -0.05) is 30.0 Å². The topological polar surface area (TPSA) is 91.7 Å². The Morgan fingerprint density at radius 2 is 1.85 bits per heavy atom. The van der Waals surface area contributed by atoms with Crippen LogP contribution in [-0.4, -0.2) is 42.5 Å².